The molecule has 182 valence electrons. The van der Waals surface area contributed by atoms with Gasteiger partial charge in [0.05, 0.1) is 12.0 Å². The Balaban J connectivity index is 1.71. The standard InChI is InChI=1S/C32H34N4/c1-35(28-20-12-5-13-21-28)24-34-32-29(22-33)30(26-16-8-3-9-17-26)31(27-18-10-4-11-19-27)36(32)23-25-14-6-2-7-15-25/h2-4,6-11,14-19,22,24,28,33H,5,12-13,20-21,23H2,1H3/b33-22?,34-24-. The minimum absolute atomic E-state index is 0.533. The van der Waals surface area contributed by atoms with E-state index in [0.29, 0.717) is 12.6 Å². The molecule has 4 nitrogen and oxygen atoms in total. The van der Waals surface area contributed by atoms with Gasteiger partial charge >= 0.3 is 0 Å². The largest absolute Gasteiger partial charge is 0.363 e. The molecular weight excluding hydrogens is 440 g/mol. The van der Waals surface area contributed by atoms with Crippen LogP contribution in [0.1, 0.15) is 43.2 Å². The number of aliphatic imine (C=N–C) groups is 1. The van der Waals surface area contributed by atoms with Crippen LogP contribution in [-0.2, 0) is 6.54 Å². The fraction of sp³-hybridized carbons (Fsp3) is 0.250. The fourth-order valence-corrected chi connectivity index (χ4v) is 5.34. The molecule has 0 amide bonds. The summed E-state index contributed by atoms with van der Waals surface area (Å²) < 4.78 is 2.29. The Labute approximate surface area is 214 Å². The Morgan fingerprint density at radius 3 is 2.03 bits per heavy atom. The van der Waals surface area contributed by atoms with Gasteiger partial charge in [0.1, 0.15) is 5.82 Å². The average molecular weight is 475 g/mol. The van der Waals surface area contributed by atoms with E-state index in [1.54, 1.807) is 0 Å². The number of nitrogens with one attached hydrogen (secondary N) is 1. The summed E-state index contributed by atoms with van der Waals surface area (Å²) >= 11 is 0. The fourth-order valence-electron chi connectivity index (χ4n) is 5.34. The van der Waals surface area contributed by atoms with Crippen molar-refractivity contribution in [2.45, 2.75) is 44.7 Å². The minimum Gasteiger partial charge on any atom is -0.363 e. The topological polar surface area (TPSA) is 44.4 Å². The molecule has 5 rings (SSSR count). The molecule has 0 aliphatic heterocycles. The first kappa shape index (κ1) is 23.8. The first-order valence-electron chi connectivity index (χ1n) is 12.9. The molecule has 0 saturated heterocycles. The molecule has 1 aliphatic carbocycles. The van der Waals surface area contributed by atoms with Crippen molar-refractivity contribution in [3.8, 4) is 22.4 Å². The van der Waals surface area contributed by atoms with E-state index >= 15 is 0 Å². The van der Waals surface area contributed by atoms with Crippen LogP contribution < -0.4 is 0 Å². The third-order valence-electron chi connectivity index (χ3n) is 7.22. The molecular formula is C32H34N4. The molecule has 1 saturated carbocycles. The molecule has 0 radical (unpaired) electrons. The van der Waals surface area contributed by atoms with Crippen LogP contribution >= 0.6 is 0 Å². The van der Waals surface area contributed by atoms with Gasteiger partial charge < -0.3 is 14.9 Å². The molecule has 36 heavy (non-hydrogen) atoms. The SMILES string of the molecule is CN(/C=N\c1c(C=N)c(-c2ccccc2)c(-c2ccccc2)n1Cc1ccccc1)C1CCCCC1. The number of hydrogen-bond acceptors (Lipinski definition) is 2. The van der Waals surface area contributed by atoms with Crippen LogP contribution in [0.15, 0.2) is 96.0 Å². The maximum absolute atomic E-state index is 8.48. The third-order valence-corrected chi connectivity index (χ3v) is 7.22. The summed E-state index contributed by atoms with van der Waals surface area (Å²) in [5.74, 6) is 0.828. The van der Waals surface area contributed by atoms with Crippen LogP contribution in [-0.4, -0.2) is 35.1 Å². The van der Waals surface area contributed by atoms with Crippen LogP contribution in [0.4, 0.5) is 5.82 Å². The van der Waals surface area contributed by atoms with Gasteiger partial charge in [-0.1, -0.05) is 110 Å². The van der Waals surface area contributed by atoms with Crippen molar-refractivity contribution in [2.75, 3.05) is 7.05 Å². The Bertz CT molecular complexity index is 1300. The van der Waals surface area contributed by atoms with E-state index in [1.165, 1.54) is 43.9 Å². The number of nitrogens with zero attached hydrogens (tertiary/aromatic N) is 3. The summed E-state index contributed by atoms with van der Waals surface area (Å²) in [7, 11) is 2.14. The van der Waals surface area contributed by atoms with Crippen LogP contribution in [0.5, 0.6) is 0 Å². The monoisotopic (exact) mass is 474 g/mol. The molecule has 1 aromatic heterocycles. The summed E-state index contributed by atoms with van der Waals surface area (Å²) in [5, 5.41) is 8.48. The van der Waals surface area contributed by atoms with E-state index in [1.807, 2.05) is 24.5 Å². The van der Waals surface area contributed by atoms with Gasteiger partial charge in [-0.05, 0) is 29.5 Å². The van der Waals surface area contributed by atoms with Gasteiger partial charge in [-0.2, -0.15) is 0 Å². The van der Waals surface area contributed by atoms with Crippen LogP contribution in [0.25, 0.3) is 22.4 Å². The van der Waals surface area contributed by atoms with Gasteiger partial charge in [0.2, 0.25) is 0 Å². The van der Waals surface area contributed by atoms with Gasteiger partial charge in [0.15, 0.2) is 0 Å². The van der Waals surface area contributed by atoms with E-state index in [4.69, 9.17) is 10.4 Å². The summed E-state index contributed by atoms with van der Waals surface area (Å²) in [4.78, 5) is 7.37. The van der Waals surface area contributed by atoms with Gasteiger partial charge in [0.25, 0.3) is 0 Å². The molecule has 0 atom stereocenters. The quantitative estimate of drug-likeness (QED) is 0.205. The van der Waals surface area contributed by atoms with E-state index in [-0.39, 0.29) is 0 Å². The summed E-state index contributed by atoms with van der Waals surface area (Å²) in [6.07, 6.45) is 9.81. The smallest absolute Gasteiger partial charge is 0.144 e. The van der Waals surface area contributed by atoms with Crippen LogP contribution in [0, 0.1) is 5.41 Å². The molecule has 0 spiro atoms. The lowest BCUT2D eigenvalue weighted by atomic mass is 9.95. The predicted octanol–water partition coefficient (Wildman–Crippen LogP) is 7.79. The first-order valence-corrected chi connectivity index (χ1v) is 12.9. The molecule has 1 aliphatic rings. The molecule has 3 aromatic carbocycles. The second kappa shape index (κ2) is 11.2. The number of rotatable bonds is 8. The molecule has 0 unspecified atom stereocenters. The van der Waals surface area contributed by atoms with Crippen LogP contribution in [0.3, 0.4) is 0 Å². The molecule has 1 fully saturated rings. The molecule has 0 bridgehead atoms. The molecule has 1 N–H and O–H groups in total. The Morgan fingerprint density at radius 1 is 0.833 bits per heavy atom. The molecule has 4 aromatic rings. The Morgan fingerprint density at radius 2 is 1.42 bits per heavy atom. The van der Waals surface area contributed by atoms with Gasteiger partial charge in [0, 0.05) is 37.0 Å². The second-order valence-corrected chi connectivity index (χ2v) is 9.61. The highest BCUT2D eigenvalue weighted by Crippen LogP contribution is 2.42. The Hall–Kier alpha value is -3.92. The lowest BCUT2D eigenvalue weighted by Gasteiger charge is -2.29. The summed E-state index contributed by atoms with van der Waals surface area (Å²) in [6, 6.07) is 32.0. The van der Waals surface area contributed by atoms with E-state index in [9.17, 15) is 0 Å². The van der Waals surface area contributed by atoms with Crippen molar-refractivity contribution < 1.29 is 0 Å². The van der Waals surface area contributed by atoms with Gasteiger partial charge in [-0.25, -0.2) is 4.99 Å². The van der Waals surface area contributed by atoms with E-state index < -0.39 is 0 Å². The number of hydrogen-bond donors (Lipinski definition) is 1. The minimum atomic E-state index is 0.533. The number of aromatic nitrogens is 1. The molecule has 1 heterocycles. The highest BCUT2D eigenvalue weighted by Gasteiger charge is 2.24. The zero-order chi connectivity index (χ0) is 24.7. The first-order chi connectivity index (χ1) is 17.8. The van der Waals surface area contributed by atoms with Crippen molar-refractivity contribution in [1.29, 1.82) is 5.41 Å². The van der Waals surface area contributed by atoms with Crippen molar-refractivity contribution in [3.63, 3.8) is 0 Å². The predicted molar refractivity (Wildman–Crippen MR) is 152 cm³/mol. The Kier molecular flexibility index (Phi) is 7.41. The second-order valence-electron chi connectivity index (χ2n) is 9.61. The highest BCUT2D eigenvalue weighted by atomic mass is 15.2. The van der Waals surface area contributed by atoms with Crippen molar-refractivity contribution >= 4 is 18.4 Å². The lowest BCUT2D eigenvalue weighted by molar-refractivity contribution is 0.284. The number of benzene rings is 3. The third kappa shape index (κ3) is 5.03. The van der Waals surface area contributed by atoms with Crippen LogP contribution in [0.2, 0.25) is 0 Å². The average Bonchev–Trinajstić information content (AvgIpc) is 3.26. The van der Waals surface area contributed by atoms with E-state index in [0.717, 1.165) is 33.8 Å². The van der Waals surface area contributed by atoms with Gasteiger partial charge in [-0.3, -0.25) is 0 Å². The maximum Gasteiger partial charge on any atom is 0.144 e. The van der Waals surface area contributed by atoms with E-state index in [2.05, 4.69) is 89.3 Å². The summed E-state index contributed by atoms with van der Waals surface area (Å²) in [5.41, 5.74) is 6.43. The lowest BCUT2D eigenvalue weighted by Crippen LogP contribution is -2.32. The highest BCUT2D eigenvalue weighted by molar-refractivity contribution is 6.02. The molecule has 4 heteroatoms. The van der Waals surface area contributed by atoms with Crippen molar-refractivity contribution in [1.82, 2.24) is 9.47 Å². The zero-order valence-electron chi connectivity index (χ0n) is 21.0. The van der Waals surface area contributed by atoms with Gasteiger partial charge in [-0.15, -0.1) is 0 Å². The summed E-state index contributed by atoms with van der Waals surface area (Å²) in [6.45, 7) is 0.679. The van der Waals surface area contributed by atoms with Crippen molar-refractivity contribution in [2.24, 2.45) is 4.99 Å². The zero-order valence-corrected chi connectivity index (χ0v) is 21.0. The maximum atomic E-state index is 8.48. The normalized spacial score (nSPS) is 14.2. The van der Waals surface area contributed by atoms with Crippen molar-refractivity contribution in [3.05, 3.63) is 102 Å².